The van der Waals surface area contributed by atoms with Crippen molar-refractivity contribution in [2.45, 2.75) is 17.5 Å². The van der Waals surface area contributed by atoms with Gasteiger partial charge in [0.1, 0.15) is 5.82 Å². The second-order valence-corrected chi connectivity index (χ2v) is 7.90. The Bertz CT molecular complexity index is 999. The zero-order valence-corrected chi connectivity index (χ0v) is 14.2. The van der Waals surface area contributed by atoms with E-state index in [9.17, 15) is 12.8 Å². The highest BCUT2D eigenvalue weighted by atomic mass is 32.2. The number of halogens is 1. The van der Waals surface area contributed by atoms with Gasteiger partial charge in [-0.3, -0.25) is 0 Å². The Morgan fingerprint density at radius 1 is 0.920 bits per heavy atom. The summed E-state index contributed by atoms with van der Waals surface area (Å²) in [4.78, 5) is -0.0200. The van der Waals surface area contributed by atoms with Crippen molar-refractivity contribution >= 4 is 10.0 Å². The maximum absolute atomic E-state index is 13.6. The molecule has 2 heterocycles. The molecule has 0 fully saturated rings. The molecule has 2 aromatic carbocycles. The van der Waals surface area contributed by atoms with Gasteiger partial charge in [0.05, 0.1) is 10.9 Å². The highest BCUT2D eigenvalue weighted by molar-refractivity contribution is 7.89. The first-order chi connectivity index (χ1) is 12.1. The van der Waals surface area contributed by atoms with Gasteiger partial charge in [-0.05, 0) is 35.9 Å². The third kappa shape index (κ3) is 2.77. The van der Waals surface area contributed by atoms with Crippen LogP contribution in [0.1, 0.15) is 17.3 Å². The summed E-state index contributed by atoms with van der Waals surface area (Å²) in [6, 6.07) is 18.1. The van der Waals surface area contributed by atoms with Crippen molar-refractivity contribution in [1.82, 2.24) is 8.87 Å². The van der Waals surface area contributed by atoms with E-state index >= 15 is 0 Å². The van der Waals surface area contributed by atoms with E-state index < -0.39 is 21.9 Å². The van der Waals surface area contributed by atoms with E-state index in [0.29, 0.717) is 13.1 Å². The summed E-state index contributed by atoms with van der Waals surface area (Å²) < 4.78 is 43.5. The van der Waals surface area contributed by atoms with Gasteiger partial charge in [-0.15, -0.1) is 0 Å². The Kier molecular flexibility index (Phi) is 3.94. The molecule has 0 saturated carbocycles. The van der Waals surface area contributed by atoms with Crippen LogP contribution in [0.15, 0.2) is 77.8 Å². The lowest BCUT2D eigenvalue weighted by atomic mass is 10.0. The van der Waals surface area contributed by atoms with Crippen molar-refractivity contribution < 1.29 is 12.8 Å². The maximum atomic E-state index is 13.6. The van der Waals surface area contributed by atoms with Crippen molar-refractivity contribution in [3.8, 4) is 0 Å². The van der Waals surface area contributed by atoms with Crippen molar-refractivity contribution in [1.29, 1.82) is 0 Å². The van der Waals surface area contributed by atoms with E-state index in [-0.39, 0.29) is 4.90 Å². The van der Waals surface area contributed by atoms with Crippen LogP contribution in [0.3, 0.4) is 0 Å². The van der Waals surface area contributed by atoms with Gasteiger partial charge in [-0.2, -0.15) is 4.31 Å². The van der Waals surface area contributed by atoms with E-state index in [2.05, 4.69) is 4.57 Å². The van der Waals surface area contributed by atoms with Crippen LogP contribution in [0.25, 0.3) is 0 Å². The molecule has 4 nitrogen and oxygen atoms in total. The Hall–Kier alpha value is -2.44. The molecule has 25 heavy (non-hydrogen) atoms. The lowest BCUT2D eigenvalue weighted by Crippen LogP contribution is -2.42. The van der Waals surface area contributed by atoms with Crippen LogP contribution >= 0.6 is 0 Å². The summed E-state index contributed by atoms with van der Waals surface area (Å²) in [5.74, 6) is -0.558. The smallest absolute Gasteiger partial charge is 0.244 e. The van der Waals surface area contributed by atoms with Gasteiger partial charge in [-0.25, -0.2) is 12.8 Å². The van der Waals surface area contributed by atoms with Gasteiger partial charge in [0, 0.05) is 25.0 Å². The predicted molar refractivity (Wildman–Crippen MR) is 93.0 cm³/mol. The van der Waals surface area contributed by atoms with Gasteiger partial charge in [-0.1, -0.05) is 36.4 Å². The molecule has 0 radical (unpaired) electrons. The first-order valence-corrected chi connectivity index (χ1v) is 9.49. The molecular weight excluding hydrogens is 339 g/mol. The normalized spacial score (nSPS) is 18.0. The fraction of sp³-hybridized carbons (Fsp3) is 0.158. The standard InChI is InChI=1S/C19H17FN2O2S/c20-16-8-4-9-17(14-16)25(23,24)22-13-12-21-11-5-10-18(21)19(22)15-6-2-1-3-7-15/h1-11,14,19H,12-13H2/t19-/m0/s1. The van der Waals surface area contributed by atoms with Gasteiger partial charge >= 0.3 is 0 Å². The molecule has 1 atom stereocenters. The number of benzene rings is 2. The van der Waals surface area contributed by atoms with E-state index in [0.717, 1.165) is 17.3 Å². The third-order valence-corrected chi connectivity index (χ3v) is 6.37. The Labute approximate surface area is 146 Å². The van der Waals surface area contributed by atoms with Crippen LogP contribution in [-0.2, 0) is 16.6 Å². The zero-order valence-electron chi connectivity index (χ0n) is 13.4. The molecule has 0 unspecified atom stereocenters. The summed E-state index contributed by atoms with van der Waals surface area (Å²) in [6.45, 7) is 0.903. The second kappa shape index (κ2) is 6.13. The van der Waals surface area contributed by atoms with Crippen LogP contribution in [0.5, 0.6) is 0 Å². The third-order valence-electron chi connectivity index (χ3n) is 4.51. The fourth-order valence-electron chi connectivity index (χ4n) is 3.36. The number of nitrogens with zero attached hydrogens (tertiary/aromatic N) is 2. The number of sulfonamides is 1. The van der Waals surface area contributed by atoms with Gasteiger partial charge < -0.3 is 4.57 Å². The Morgan fingerprint density at radius 2 is 1.72 bits per heavy atom. The lowest BCUT2D eigenvalue weighted by molar-refractivity contribution is 0.298. The van der Waals surface area contributed by atoms with Gasteiger partial charge in [0.25, 0.3) is 0 Å². The molecule has 1 aliphatic heterocycles. The highest BCUT2D eigenvalue weighted by Gasteiger charge is 2.37. The largest absolute Gasteiger partial charge is 0.348 e. The van der Waals surface area contributed by atoms with E-state index in [1.54, 1.807) is 0 Å². The summed E-state index contributed by atoms with van der Waals surface area (Å²) in [5.41, 5.74) is 1.81. The summed E-state index contributed by atoms with van der Waals surface area (Å²) in [6.07, 6.45) is 1.96. The Balaban J connectivity index is 1.86. The van der Waals surface area contributed by atoms with Crippen molar-refractivity contribution in [2.75, 3.05) is 6.54 Å². The highest BCUT2D eigenvalue weighted by Crippen LogP contribution is 2.36. The number of rotatable bonds is 3. The second-order valence-electron chi connectivity index (χ2n) is 6.01. The van der Waals surface area contributed by atoms with Gasteiger partial charge in [0.15, 0.2) is 0 Å². The van der Waals surface area contributed by atoms with E-state index in [1.165, 1.54) is 22.5 Å². The number of aromatic nitrogens is 1. The molecule has 0 spiro atoms. The predicted octanol–water partition coefficient (Wildman–Crippen LogP) is 3.42. The number of hydrogen-bond acceptors (Lipinski definition) is 2. The summed E-state index contributed by atoms with van der Waals surface area (Å²) in [5, 5.41) is 0. The lowest BCUT2D eigenvalue weighted by Gasteiger charge is -2.36. The van der Waals surface area contributed by atoms with Crippen LogP contribution in [0.2, 0.25) is 0 Å². The molecular formula is C19H17FN2O2S. The minimum Gasteiger partial charge on any atom is -0.348 e. The molecule has 0 bridgehead atoms. The molecule has 0 saturated heterocycles. The summed E-state index contributed by atoms with van der Waals surface area (Å²) in [7, 11) is -3.82. The average molecular weight is 356 g/mol. The number of hydrogen-bond donors (Lipinski definition) is 0. The van der Waals surface area contributed by atoms with Crippen molar-refractivity contribution in [3.05, 3.63) is 90.0 Å². The molecule has 1 aromatic heterocycles. The van der Waals surface area contributed by atoms with Crippen LogP contribution in [-0.4, -0.2) is 23.8 Å². The van der Waals surface area contributed by atoms with Crippen molar-refractivity contribution in [2.24, 2.45) is 0 Å². The topological polar surface area (TPSA) is 42.3 Å². The average Bonchev–Trinajstić information content (AvgIpc) is 3.10. The fourth-order valence-corrected chi connectivity index (χ4v) is 4.97. The minimum atomic E-state index is -3.82. The first-order valence-electron chi connectivity index (χ1n) is 8.05. The summed E-state index contributed by atoms with van der Waals surface area (Å²) >= 11 is 0. The quantitative estimate of drug-likeness (QED) is 0.722. The molecule has 3 aromatic rings. The molecule has 1 aliphatic rings. The monoisotopic (exact) mass is 356 g/mol. The van der Waals surface area contributed by atoms with Crippen LogP contribution in [0, 0.1) is 5.82 Å². The molecule has 4 rings (SSSR count). The van der Waals surface area contributed by atoms with E-state index in [1.807, 2.05) is 48.7 Å². The maximum Gasteiger partial charge on any atom is 0.244 e. The first kappa shape index (κ1) is 16.1. The van der Waals surface area contributed by atoms with E-state index in [4.69, 9.17) is 0 Å². The molecule has 0 aliphatic carbocycles. The van der Waals surface area contributed by atoms with Crippen molar-refractivity contribution in [3.63, 3.8) is 0 Å². The molecule has 128 valence electrons. The molecule has 0 N–H and O–H groups in total. The zero-order chi connectivity index (χ0) is 17.4. The minimum absolute atomic E-state index is 0.0200. The number of fused-ring (bicyclic) bond motifs is 1. The van der Waals surface area contributed by atoms with Crippen LogP contribution in [0.4, 0.5) is 4.39 Å². The molecule has 0 amide bonds. The van der Waals surface area contributed by atoms with Gasteiger partial charge in [0.2, 0.25) is 10.0 Å². The van der Waals surface area contributed by atoms with Crippen LogP contribution < -0.4 is 0 Å². The molecule has 6 heteroatoms. The Morgan fingerprint density at radius 3 is 2.48 bits per heavy atom. The SMILES string of the molecule is O=S(=O)(c1cccc(F)c1)N1CCn2cccc2[C@@H]1c1ccccc1.